The fraction of sp³-hybridized carbons (Fsp3) is 0.667. The van der Waals surface area contributed by atoms with Gasteiger partial charge in [0.2, 0.25) is 11.8 Å². The quantitative estimate of drug-likeness (QED) is 0.846. The van der Waals surface area contributed by atoms with Crippen LogP contribution in [0, 0.1) is 5.41 Å². The van der Waals surface area contributed by atoms with Gasteiger partial charge in [-0.15, -0.1) is 10.2 Å². The number of anilines is 1. The third kappa shape index (κ3) is 3.83. The lowest BCUT2D eigenvalue weighted by molar-refractivity contribution is -0.139. The first-order valence-electron chi connectivity index (χ1n) is 7.42. The Bertz CT molecular complexity index is 473. The number of aromatic nitrogens is 2. The van der Waals surface area contributed by atoms with Crippen LogP contribution in [0.2, 0.25) is 0 Å². The van der Waals surface area contributed by atoms with Gasteiger partial charge in [-0.05, 0) is 13.0 Å². The first-order valence-corrected chi connectivity index (χ1v) is 7.42. The van der Waals surface area contributed by atoms with E-state index in [0.717, 1.165) is 32.0 Å². The third-order valence-corrected chi connectivity index (χ3v) is 3.45. The predicted octanol–water partition coefficient (Wildman–Crippen LogP) is 1.57. The number of rotatable bonds is 3. The van der Waals surface area contributed by atoms with Crippen molar-refractivity contribution < 1.29 is 9.53 Å². The summed E-state index contributed by atoms with van der Waals surface area (Å²) in [5, 5.41) is 8.23. The summed E-state index contributed by atoms with van der Waals surface area (Å²) in [4.78, 5) is 16.3. The highest BCUT2D eigenvalue weighted by molar-refractivity contribution is 5.81. The number of ether oxygens (including phenoxy) is 1. The fourth-order valence-corrected chi connectivity index (χ4v) is 2.32. The Morgan fingerprint density at radius 3 is 2.33 bits per heavy atom. The van der Waals surface area contributed by atoms with Crippen molar-refractivity contribution in [2.45, 2.75) is 27.7 Å². The average molecular weight is 292 g/mol. The Hall–Kier alpha value is -1.85. The van der Waals surface area contributed by atoms with Gasteiger partial charge in [0.1, 0.15) is 0 Å². The molecular weight excluding hydrogens is 268 g/mol. The van der Waals surface area contributed by atoms with Gasteiger partial charge >= 0.3 is 0 Å². The summed E-state index contributed by atoms with van der Waals surface area (Å²) in [5.41, 5.74) is -0.318. The van der Waals surface area contributed by atoms with E-state index in [4.69, 9.17) is 4.74 Å². The van der Waals surface area contributed by atoms with Crippen LogP contribution in [0.15, 0.2) is 12.1 Å². The van der Waals surface area contributed by atoms with E-state index in [9.17, 15) is 4.79 Å². The zero-order valence-corrected chi connectivity index (χ0v) is 13.3. The number of carbonyl (C=O) groups is 1. The molecular formula is C15H24N4O2. The van der Waals surface area contributed by atoms with Crippen LogP contribution in [-0.2, 0) is 4.79 Å². The van der Waals surface area contributed by atoms with E-state index in [2.05, 4.69) is 15.1 Å². The van der Waals surface area contributed by atoms with E-state index in [-0.39, 0.29) is 11.3 Å². The van der Waals surface area contributed by atoms with Gasteiger partial charge in [0.25, 0.3) is 0 Å². The molecule has 0 atom stereocenters. The van der Waals surface area contributed by atoms with E-state index in [0.29, 0.717) is 12.5 Å². The fourth-order valence-electron chi connectivity index (χ4n) is 2.32. The number of carbonyl (C=O) groups excluding carboxylic acids is 1. The Morgan fingerprint density at radius 2 is 1.86 bits per heavy atom. The highest BCUT2D eigenvalue weighted by Crippen LogP contribution is 2.20. The molecule has 1 fully saturated rings. The molecule has 1 aliphatic heterocycles. The summed E-state index contributed by atoms with van der Waals surface area (Å²) < 4.78 is 5.29. The average Bonchev–Trinajstić information content (AvgIpc) is 2.47. The van der Waals surface area contributed by atoms with E-state index in [1.54, 1.807) is 0 Å². The minimum Gasteiger partial charge on any atom is -0.477 e. The van der Waals surface area contributed by atoms with Crippen molar-refractivity contribution in [2.24, 2.45) is 5.41 Å². The van der Waals surface area contributed by atoms with Gasteiger partial charge in [0.05, 0.1) is 6.61 Å². The smallest absolute Gasteiger partial charge is 0.233 e. The molecule has 0 bridgehead atoms. The summed E-state index contributed by atoms with van der Waals surface area (Å²) in [5.74, 6) is 1.59. The molecule has 21 heavy (non-hydrogen) atoms. The molecule has 2 rings (SSSR count). The van der Waals surface area contributed by atoms with Crippen LogP contribution in [0.3, 0.4) is 0 Å². The van der Waals surface area contributed by atoms with Crippen LogP contribution < -0.4 is 9.64 Å². The maximum atomic E-state index is 12.2. The lowest BCUT2D eigenvalue weighted by atomic mass is 9.94. The van der Waals surface area contributed by atoms with Gasteiger partial charge in [0.15, 0.2) is 5.82 Å². The molecule has 0 aromatic carbocycles. The lowest BCUT2D eigenvalue weighted by Crippen LogP contribution is -2.51. The topological polar surface area (TPSA) is 58.6 Å². The van der Waals surface area contributed by atoms with Crippen molar-refractivity contribution >= 4 is 11.7 Å². The molecule has 0 unspecified atom stereocenters. The molecule has 2 heterocycles. The second-order valence-corrected chi connectivity index (χ2v) is 6.19. The van der Waals surface area contributed by atoms with Crippen molar-refractivity contribution in [1.82, 2.24) is 15.1 Å². The largest absolute Gasteiger partial charge is 0.477 e. The number of piperazine rings is 1. The predicted molar refractivity (Wildman–Crippen MR) is 81.4 cm³/mol. The van der Waals surface area contributed by atoms with E-state index >= 15 is 0 Å². The molecule has 1 aromatic heterocycles. The second-order valence-electron chi connectivity index (χ2n) is 6.19. The Kier molecular flexibility index (Phi) is 4.65. The molecule has 0 radical (unpaired) electrons. The van der Waals surface area contributed by atoms with Gasteiger partial charge < -0.3 is 14.5 Å². The van der Waals surface area contributed by atoms with E-state index < -0.39 is 0 Å². The van der Waals surface area contributed by atoms with E-state index in [1.807, 2.05) is 44.7 Å². The number of hydrogen-bond donors (Lipinski definition) is 0. The molecule has 6 heteroatoms. The van der Waals surface area contributed by atoms with Gasteiger partial charge in [0, 0.05) is 37.7 Å². The third-order valence-electron chi connectivity index (χ3n) is 3.45. The Labute approximate surface area is 126 Å². The molecule has 1 aliphatic rings. The van der Waals surface area contributed by atoms with E-state index in [1.165, 1.54) is 0 Å². The maximum absolute atomic E-state index is 12.2. The monoisotopic (exact) mass is 292 g/mol. The van der Waals surface area contributed by atoms with Gasteiger partial charge in [-0.3, -0.25) is 4.79 Å². The van der Waals surface area contributed by atoms with Crippen LogP contribution in [0.4, 0.5) is 5.82 Å². The number of hydrogen-bond acceptors (Lipinski definition) is 5. The summed E-state index contributed by atoms with van der Waals surface area (Å²) in [6.45, 7) is 11.4. The first kappa shape index (κ1) is 15.5. The molecule has 0 N–H and O–H groups in total. The molecule has 0 spiro atoms. The summed E-state index contributed by atoms with van der Waals surface area (Å²) >= 11 is 0. The molecule has 0 aliphatic carbocycles. The minimum absolute atomic E-state index is 0.208. The van der Waals surface area contributed by atoms with Crippen molar-refractivity contribution in [3.05, 3.63) is 12.1 Å². The highest BCUT2D eigenvalue weighted by atomic mass is 16.5. The first-order chi connectivity index (χ1) is 9.91. The lowest BCUT2D eigenvalue weighted by Gasteiger charge is -2.37. The standard InChI is InChI=1S/C15H24N4O2/c1-5-21-13-7-6-12(16-17-13)18-8-10-19(11-9-18)14(20)15(2,3)4/h6-7H,5,8-11H2,1-4H3. The van der Waals surface area contributed by atoms with Crippen molar-refractivity contribution in [1.29, 1.82) is 0 Å². The molecule has 1 saturated heterocycles. The van der Waals surface area contributed by atoms with Crippen molar-refractivity contribution in [3.63, 3.8) is 0 Å². The van der Waals surface area contributed by atoms with Crippen LogP contribution >= 0.6 is 0 Å². The van der Waals surface area contributed by atoms with Crippen molar-refractivity contribution in [3.8, 4) is 5.88 Å². The molecule has 116 valence electrons. The molecule has 6 nitrogen and oxygen atoms in total. The zero-order valence-electron chi connectivity index (χ0n) is 13.3. The van der Waals surface area contributed by atoms with Crippen LogP contribution in [0.5, 0.6) is 5.88 Å². The molecule has 1 amide bonds. The van der Waals surface area contributed by atoms with Gasteiger partial charge in [-0.2, -0.15) is 0 Å². The molecule has 0 saturated carbocycles. The number of nitrogens with zero attached hydrogens (tertiary/aromatic N) is 4. The Balaban J connectivity index is 1.93. The summed E-state index contributed by atoms with van der Waals surface area (Å²) in [6.07, 6.45) is 0. The summed E-state index contributed by atoms with van der Waals surface area (Å²) in [6, 6.07) is 3.75. The minimum atomic E-state index is -0.318. The van der Waals surface area contributed by atoms with Crippen LogP contribution in [-0.4, -0.2) is 53.8 Å². The summed E-state index contributed by atoms with van der Waals surface area (Å²) in [7, 11) is 0. The SMILES string of the molecule is CCOc1ccc(N2CCN(C(=O)C(C)(C)C)CC2)nn1. The second kappa shape index (κ2) is 6.28. The van der Waals surface area contributed by atoms with Crippen LogP contribution in [0.25, 0.3) is 0 Å². The van der Waals surface area contributed by atoms with Crippen LogP contribution in [0.1, 0.15) is 27.7 Å². The normalized spacial score (nSPS) is 16.0. The van der Waals surface area contributed by atoms with Gasteiger partial charge in [-0.1, -0.05) is 20.8 Å². The molecule has 1 aromatic rings. The Morgan fingerprint density at radius 1 is 1.19 bits per heavy atom. The number of amides is 1. The maximum Gasteiger partial charge on any atom is 0.233 e. The highest BCUT2D eigenvalue weighted by Gasteiger charge is 2.29. The van der Waals surface area contributed by atoms with Crippen molar-refractivity contribution in [2.75, 3.05) is 37.7 Å². The zero-order chi connectivity index (χ0) is 15.5. The van der Waals surface area contributed by atoms with Gasteiger partial charge in [-0.25, -0.2) is 0 Å².